The van der Waals surface area contributed by atoms with E-state index >= 15 is 0 Å². The Morgan fingerprint density at radius 3 is 1.54 bits per heavy atom. The topological polar surface area (TPSA) is 6.48 Å². The largest absolute Gasteiger partial charge is 0.310 e. The van der Waals surface area contributed by atoms with Gasteiger partial charge in [-0.2, -0.15) is 0 Å². The van der Waals surface area contributed by atoms with Crippen molar-refractivity contribution >= 4 is 65.6 Å². The molecule has 0 amide bonds. The average molecular weight is 711 g/mol. The highest BCUT2D eigenvalue weighted by molar-refractivity contribution is 7.25. The number of hydrogen-bond acceptors (Lipinski definition) is 3. The molecule has 0 radical (unpaired) electrons. The fourth-order valence-corrected chi connectivity index (χ4v) is 9.59. The zero-order chi connectivity index (χ0) is 36.2. The van der Waals surface area contributed by atoms with Crippen LogP contribution in [0.15, 0.2) is 194 Å². The van der Waals surface area contributed by atoms with Gasteiger partial charge in [0, 0.05) is 54.0 Å². The SMILES string of the molecule is CC1(C)c2ccc(N(c3ccccc3)c3ccccc3)cc2-c2cc(-c3ccc4sc5ccccc5c4c3)cc(N(c3ccccc3)c3ccccc3)c21. The molecule has 1 aliphatic carbocycles. The van der Waals surface area contributed by atoms with Crippen molar-refractivity contribution in [3.63, 3.8) is 0 Å². The highest BCUT2D eigenvalue weighted by atomic mass is 32.1. The Labute approximate surface area is 320 Å². The Morgan fingerprint density at radius 2 is 0.926 bits per heavy atom. The molecule has 2 nitrogen and oxygen atoms in total. The van der Waals surface area contributed by atoms with Crippen molar-refractivity contribution in [1.29, 1.82) is 0 Å². The summed E-state index contributed by atoms with van der Waals surface area (Å²) in [6, 6.07) is 70.8. The summed E-state index contributed by atoms with van der Waals surface area (Å²) < 4.78 is 2.64. The van der Waals surface area contributed by atoms with E-state index in [0.29, 0.717) is 0 Å². The second-order valence-electron chi connectivity index (χ2n) is 14.6. The zero-order valence-electron chi connectivity index (χ0n) is 30.3. The second-order valence-corrected chi connectivity index (χ2v) is 15.7. The number of thiophene rings is 1. The maximum atomic E-state index is 2.45. The van der Waals surface area contributed by atoms with Gasteiger partial charge in [0.25, 0.3) is 0 Å². The maximum absolute atomic E-state index is 2.45. The van der Waals surface area contributed by atoms with Crippen LogP contribution in [-0.2, 0) is 5.41 Å². The van der Waals surface area contributed by atoms with Crippen LogP contribution in [0.25, 0.3) is 42.4 Å². The monoisotopic (exact) mass is 710 g/mol. The van der Waals surface area contributed by atoms with Gasteiger partial charge in [-0.1, -0.05) is 117 Å². The lowest BCUT2D eigenvalue weighted by Gasteiger charge is -2.32. The fourth-order valence-electron chi connectivity index (χ4n) is 8.50. The molecule has 9 aromatic rings. The first-order chi connectivity index (χ1) is 26.5. The molecular formula is C51H38N2S. The lowest BCUT2D eigenvalue weighted by atomic mass is 9.80. The molecule has 1 aromatic heterocycles. The summed E-state index contributed by atoms with van der Waals surface area (Å²) in [5.74, 6) is 0. The molecule has 0 atom stereocenters. The van der Waals surface area contributed by atoms with Crippen LogP contribution in [0.1, 0.15) is 25.0 Å². The van der Waals surface area contributed by atoms with Crippen LogP contribution >= 0.6 is 11.3 Å². The van der Waals surface area contributed by atoms with Gasteiger partial charge in [-0.3, -0.25) is 0 Å². The van der Waals surface area contributed by atoms with Gasteiger partial charge in [-0.15, -0.1) is 11.3 Å². The molecule has 0 aliphatic heterocycles. The minimum absolute atomic E-state index is 0.267. The minimum atomic E-state index is -0.267. The van der Waals surface area contributed by atoms with E-state index in [9.17, 15) is 0 Å². The van der Waals surface area contributed by atoms with E-state index in [1.165, 1.54) is 59.2 Å². The lowest BCUT2D eigenvalue weighted by Crippen LogP contribution is -2.21. The molecule has 0 saturated carbocycles. The highest BCUT2D eigenvalue weighted by Crippen LogP contribution is 2.57. The quantitative estimate of drug-likeness (QED) is 0.162. The predicted molar refractivity (Wildman–Crippen MR) is 232 cm³/mol. The Hall–Kier alpha value is -6.42. The van der Waals surface area contributed by atoms with E-state index in [-0.39, 0.29) is 5.41 Å². The van der Waals surface area contributed by atoms with E-state index in [0.717, 1.165) is 28.4 Å². The van der Waals surface area contributed by atoms with Crippen LogP contribution in [0.5, 0.6) is 0 Å². The molecule has 8 aromatic carbocycles. The molecule has 0 fully saturated rings. The molecule has 10 rings (SSSR count). The number of hydrogen-bond donors (Lipinski definition) is 0. The van der Waals surface area contributed by atoms with Crippen LogP contribution in [0.4, 0.5) is 34.1 Å². The summed E-state index contributed by atoms with van der Waals surface area (Å²) >= 11 is 1.87. The van der Waals surface area contributed by atoms with Crippen molar-refractivity contribution in [3.05, 3.63) is 205 Å². The molecule has 0 unspecified atom stereocenters. The van der Waals surface area contributed by atoms with Crippen molar-refractivity contribution in [3.8, 4) is 22.3 Å². The van der Waals surface area contributed by atoms with Gasteiger partial charge >= 0.3 is 0 Å². The molecule has 0 saturated heterocycles. The van der Waals surface area contributed by atoms with E-state index in [1.54, 1.807) is 0 Å². The third-order valence-corrected chi connectivity index (χ3v) is 12.1. The predicted octanol–water partition coefficient (Wildman–Crippen LogP) is 15.0. The van der Waals surface area contributed by atoms with Gasteiger partial charge < -0.3 is 9.80 Å². The van der Waals surface area contributed by atoms with Gasteiger partial charge in [-0.25, -0.2) is 0 Å². The van der Waals surface area contributed by atoms with Gasteiger partial charge in [0.1, 0.15) is 0 Å². The summed E-state index contributed by atoms with van der Waals surface area (Å²) in [5, 5.41) is 2.62. The summed E-state index contributed by atoms with van der Waals surface area (Å²) in [4.78, 5) is 4.82. The highest BCUT2D eigenvalue weighted by Gasteiger charge is 2.40. The van der Waals surface area contributed by atoms with Gasteiger partial charge in [0.15, 0.2) is 0 Å². The summed E-state index contributed by atoms with van der Waals surface area (Å²) in [5.41, 5.74) is 14.2. The van der Waals surface area contributed by atoms with Crippen LogP contribution in [0.2, 0.25) is 0 Å². The molecule has 3 heteroatoms. The Bertz CT molecular complexity index is 2710. The average Bonchev–Trinajstić information content (AvgIpc) is 3.71. The maximum Gasteiger partial charge on any atom is 0.0514 e. The van der Waals surface area contributed by atoms with Crippen molar-refractivity contribution in [2.24, 2.45) is 0 Å². The molecule has 1 heterocycles. The zero-order valence-corrected chi connectivity index (χ0v) is 31.1. The van der Waals surface area contributed by atoms with Crippen LogP contribution in [-0.4, -0.2) is 0 Å². The Balaban J connectivity index is 1.25. The van der Waals surface area contributed by atoms with Crippen LogP contribution in [0, 0.1) is 0 Å². The molecule has 0 bridgehead atoms. The minimum Gasteiger partial charge on any atom is -0.310 e. The molecule has 54 heavy (non-hydrogen) atoms. The standard InChI is InChI=1S/C51H38N2S/c1-51(2)46-29-28-41(52(37-17-7-3-8-18-37)38-19-9-4-10-20-38)34-43(46)45-32-36(35-27-30-49-44(31-35)42-25-15-16-26-48(42)54-49)33-47(50(45)51)53(39-21-11-5-12-22-39)40-23-13-6-14-24-40/h3-34H,1-2H3. The Kier molecular flexibility index (Phi) is 7.71. The normalized spacial score (nSPS) is 12.8. The van der Waals surface area contributed by atoms with E-state index in [1.807, 2.05) is 11.3 Å². The van der Waals surface area contributed by atoms with Crippen molar-refractivity contribution in [2.75, 3.05) is 9.80 Å². The van der Waals surface area contributed by atoms with E-state index in [4.69, 9.17) is 0 Å². The summed E-state index contributed by atoms with van der Waals surface area (Å²) in [6.45, 7) is 4.79. The molecule has 0 N–H and O–H groups in total. The fraction of sp³-hybridized carbons (Fsp3) is 0.0588. The number of nitrogens with zero attached hydrogens (tertiary/aromatic N) is 2. The van der Waals surface area contributed by atoms with Crippen molar-refractivity contribution in [2.45, 2.75) is 19.3 Å². The van der Waals surface area contributed by atoms with Crippen LogP contribution < -0.4 is 9.80 Å². The third kappa shape index (κ3) is 5.31. The number of rotatable bonds is 7. The number of para-hydroxylation sites is 4. The smallest absolute Gasteiger partial charge is 0.0514 e. The van der Waals surface area contributed by atoms with Gasteiger partial charge in [0.2, 0.25) is 0 Å². The molecule has 0 spiro atoms. The first-order valence-corrected chi connectivity index (χ1v) is 19.4. The second kappa shape index (κ2) is 12.9. The number of benzene rings is 8. The van der Waals surface area contributed by atoms with Gasteiger partial charge in [-0.05, 0) is 124 Å². The lowest BCUT2D eigenvalue weighted by molar-refractivity contribution is 0.661. The third-order valence-electron chi connectivity index (χ3n) is 11.0. The first-order valence-electron chi connectivity index (χ1n) is 18.6. The first kappa shape index (κ1) is 32.2. The van der Waals surface area contributed by atoms with Crippen LogP contribution in [0.3, 0.4) is 0 Å². The molecule has 1 aliphatic rings. The Morgan fingerprint density at radius 1 is 0.389 bits per heavy atom. The number of anilines is 6. The summed E-state index contributed by atoms with van der Waals surface area (Å²) in [7, 11) is 0. The van der Waals surface area contributed by atoms with Gasteiger partial charge in [0.05, 0.1) is 5.69 Å². The van der Waals surface area contributed by atoms with Crippen molar-refractivity contribution in [1.82, 2.24) is 0 Å². The molecular weight excluding hydrogens is 673 g/mol. The van der Waals surface area contributed by atoms with E-state index in [2.05, 4.69) is 218 Å². The van der Waals surface area contributed by atoms with E-state index < -0.39 is 0 Å². The van der Waals surface area contributed by atoms with Crippen molar-refractivity contribution < 1.29 is 0 Å². The summed E-state index contributed by atoms with van der Waals surface area (Å²) in [6.07, 6.45) is 0. The molecule has 258 valence electrons. The number of fused-ring (bicyclic) bond motifs is 6.